The monoisotopic (exact) mass is 286 g/mol. The summed E-state index contributed by atoms with van der Waals surface area (Å²) in [6.45, 7) is 0.800. The number of hydrogen-bond donors (Lipinski definition) is 2. The molecule has 21 heavy (non-hydrogen) atoms. The standard InChI is InChI=1S/C17H22N2O2/c20-15-2-1-14(9-18-15)16(21)19-10-17-6-11-3-12(7-17)5-13(4-11)8-17/h1-2,9,11-13H,3-8,10H2,(H,18,20)(H,19,21). The number of carbonyl (C=O) groups is 1. The molecule has 4 fully saturated rings. The van der Waals surface area contributed by atoms with Gasteiger partial charge in [0, 0.05) is 18.8 Å². The van der Waals surface area contributed by atoms with E-state index >= 15 is 0 Å². The first-order valence-electron chi connectivity index (χ1n) is 8.09. The quantitative estimate of drug-likeness (QED) is 0.895. The Labute approximate surface area is 124 Å². The van der Waals surface area contributed by atoms with E-state index in [-0.39, 0.29) is 11.5 Å². The highest BCUT2D eigenvalue weighted by atomic mass is 16.1. The Balaban J connectivity index is 1.43. The van der Waals surface area contributed by atoms with Crippen LogP contribution in [0, 0.1) is 23.2 Å². The summed E-state index contributed by atoms with van der Waals surface area (Å²) < 4.78 is 0. The number of amides is 1. The summed E-state index contributed by atoms with van der Waals surface area (Å²) in [5, 5.41) is 3.11. The van der Waals surface area contributed by atoms with Gasteiger partial charge in [-0.1, -0.05) is 0 Å². The van der Waals surface area contributed by atoms with Crippen molar-refractivity contribution in [2.45, 2.75) is 38.5 Å². The lowest BCUT2D eigenvalue weighted by Gasteiger charge is -2.56. The molecule has 0 radical (unpaired) electrons. The van der Waals surface area contributed by atoms with Gasteiger partial charge >= 0.3 is 0 Å². The van der Waals surface area contributed by atoms with Crippen LogP contribution in [0.5, 0.6) is 0 Å². The van der Waals surface area contributed by atoms with Crippen molar-refractivity contribution in [3.05, 3.63) is 34.2 Å². The summed E-state index contributed by atoms with van der Waals surface area (Å²) in [6, 6.07) is 2.99. The van der Waals surface area contributed by atoms with E-state index in [1.165, 1.54) is 50.8 Å². The first-order valence-corrected chi connectivity index (χ1v) is 8.09. The predicted octanol–water partition coefficient (Wildman–Crippen LogP) is 2.32. The molecule has 4 saturated carbocycles. The maximum atomic E-state index is 12.2. The topological polar surface area (TPSA) is 62.0 Å². The molecule has 0 spiro atoms. The summed E-state index contributed by atoms with van der Waals surface area (Å²) in [4.78, 5) is 25.8. The summed E-state index contributed by atoms with van der Waals surface area (Å²) in [6.07, 6.45) is 9.66. The van der Waals surface area contributed by atoms with E-state index in [1.807, 2.05) is 0 Å². The lowest BCUT2D eigenvalue weighted by molar-refractivity contribution is -0.0503. The van der Waals surface area contributed by atoms with Crippen LogP contribution in [-0.4, -0.2) is 17.4 Å². The normalized spacial score (nSPS) is 36.7. The zero-order chi connectivity index (χ0) is 14.4. The molecule has 0 aliphatic heterocycles. The number of carbonyl (C=O) groups excluding carboxylic acids is 1. The molecule has 4 bridgehead atoms. The van der Waals surface area contributed by atoms with Crippen molar-refractivity contribution in [3.8, 4) is 0 Å². The lowest BCUT2D eigenvalue weighted by atomic mass is 9.49. The second-order valence-electron chi connectivity index (χ2n) is 7.54. The highest BCUT2D eigenvalue weighted by Gasteiger charge is 2.50. The number of nitrogens with one attached hydrogen (secondary N) is 2. The highest BCUT2D eigenvalue weighted by molar-refractivity contribution is 5.93. The molecule has 4 nitrogen and oxygen atoms in total. The van der Waals surface area contributed by atoms with Crippen molar-refractivity contribution < 1.29 is 4.79 Å². The van der Waals surface area contributed by atoms with E-state index in [0.29, 0.717) is 11.0 Å². The zero-order valence-electron chi connectivity index (χ0n) is 12.2. The molecule has 5 rings (SSSR count). The van der Waals surface area contributed by atoms with Gasteiger partial charge in [0.2, 0.25) is 5.56 Å². The van der Waals surface area contributed by atoms with E-state index in [0.717, 1.165) is 24.3 Å². The molecule has 1 amide bonds. The van der Waals surface area contributed by atoms with E-state index in [9.17, 15) is 9.59 Å². The Morgan fingerprint density at radius 1 is 1.14 bits per heavy atom. The van der Waals surface area contributed by atoms with E-state index in [2.05, 4.69) is 10.3 Å². The van der Waals surface area contributed by atoms with E-state index < -0.39 is 0 Å². The third kappa shape index (κ3) is 2.41. The first kappa shape index (κ1) is 13.1. The lowest BCUT2D eigenvalue weighted by Crippen LogP contribution is -2.51. The molecule has 0 atom stereocenters. The van der Waals surface area contributed by atoms with Gasteiger partial charge in [-0.3, -0.25) is 9.59 Å². The Hall–Kier alpha value is -1.58. The molecule has 4 aliphatic carbocycles. The van der Waals surface area contributed by atoms with Crippen LogP contribution >= 0.6 is 0 Å². The SMILES string of the molecule is O=C(NCC12CC3CC(CC(C3)C1)C2)c1ccc(=O)[nH]c1. The minimum absolute atomic E-state index is 0.0676. The average Bonchev–Trinajstić information content (AvgIpc) is 2.44. The molecule has 4 heteroatoms. The molecular weight excluding hydrogens is 264 g/mol. The molecule has 2 N–H and O–H groups in total. The van der Waals surface area contributed by atoms with Crippen LogP contribution in [0.25, 0.3) is 0 Å². The Morgan fingerprint density at radius 2 is 1.76 bits per heavy atom. The number of rotatable bonds is 3. The molecule has 1 aromatic heterocycles. The van der Waals surface area contributed by atoms with Gasteiger partial charge in [0.15, 0.2) is 0 Å². The molecule has 4 aliphatic rings. The number of aromatic amines is 1. The number of H-pyrrole nitrogens is 1. The second-order valence-corrected chi connectivity index (χ2v) is 7.54. The third-order valence-corrected chi connectivity index (χ3v) is 5.84. The van der Waals surface area contributed by atoms with Crippen LogP contribution in [-0.2, 0) is 0 Å². The van der Waals surface area contributed by atoms with Crippen LogP contribution in [0.2, 0.25) is 0 Å². The number of pyridine rings is 1. The second kappa shape index (κ2) is 4.72. The van der Waals surface area contributed by atoms with Gasteiger partial charge in [-0.15, -0.1) is 0 Å². The fraction of sp³-hybridized carbons (Fsp3) is 0.647. The van der Waals surface area contributed by atoms with Gasteiger partial charge in [-0.05, 0) is 67.8 Å². The largest absolute Gasteiger partial charge is 0.351 e. The minimum atomic E-state index is -0.173. The van der Waals surface area contributed by atoms with Crippen molar-refractivity contribution in [3.63, 3.8) is 0 Å². The molecule has 112 valence electrons. The maximum absolute atomic E-state index is 12.2. The van der Waals surface area contributed by atoms with Crippen LogP contribution in [0.3, 0.4) is 0 Å². The fourth-order valence-corrected chi connectivity index (χ4v) is 5.43. The fourth-order valence-electron chi connectivity index (χ4n) is 5.43. The van der Waals surface area contributed by atoms with Gasteiger partial charge in [0.05, 0.1) is 5.56 Å². The third-order valence-electron chi connectivity index (χ3n) is 5.84. The van der Waals surface area contributed by atoms with Gasteiger partial charge < -0.3 is 10.3 Å². The van der Waals surface area contributed by atoms with Gasteiger partial charge in [0.25, 0.3) is 5.91 Å². The number of hydrogen-bond acceptors (Lipinski definition) is 2. The van der Waals surface area contributed by atoms with Gasteiger partial charge in [0.1, 0.15) is 0 Å². The van der Waals surface area contributed by atoms with Crippen molar-refractivity contribution in [1.29, 1.82) is 0 Å². The smallest absolute Gasteiger partial charge is 0.252 e. The summed E-state index contributed by atoms with van der Waals surface area (Å²) >= 11 is 0. The summed E-state index contributed by atoms with van der Waals surface area (Å²) in [7, 11) is 0. The highest BCUT2D eigenvalue weighted by Crippen LogP contribution is 2.59. The Morgan fingerprint density at radius 3 is 2.29 bits per heavy atom. The van der Waals surface area contributed by atoms with Gasteiger partial charge in [-0.25, -0.2) is 0 Å². The average molecular weight is 286 g/mol. The molecular formula is C17H22N2O2. The van der Waals surface area contributed by atoms with Crippen LogP contribution < -0.4 is 10.9 Å². The zero-order valence-corrected chi connectivity index (χ0v) is 12.2. The van der Waals surface area contributed by atoms with E-state index in [4.69, 9.17) is 0 Å². The molecule has 0 saturated heterocycles. The van der Waals surface area contributed by atoms with Crippen LogP contribution in [0.4, 0.5) is 0 Å². The predicted molar refractivity (Wildman–Crippen MR) is 80.0 cm³/mol. The maximum Gasteiger partial charge on any atom is 0.252 e. The Bertz CT molecular complexity index is 564. The van der Waals surface area contributed by atoms with Crippen molar-refractivity contribution in [2.24, 2.45) is 23.2 Å². The number of aromatic nitrogens is 1. The minimum Gasteiger partial charge on any atom is -0.351 e. The van der Waals surface area contributed by atoms with Crippen molar-refractivity contribution in [2.75, 3.05) is 6.54 Å². The summed E-state index contributed by atoms with van der Waals surface area (Å²) in [5.74, 6) is 2.64. The molecule has 1 aromatic rings. The summed E-state index contributed by atoms with van der Waals surface area (Å²) in [5.41, 5.74) is 0.721. The van der Waals surface area contributed by atoms with Gasteiger partial charge in [-0.2, -0.15) is 0 Å². The molecule has 0 aromatic carbocycles. The van der Waals surface area contributed by atoms with Crippen molar-refractivity contribution in [1.82, 2.24) is 10.3 Å². The van der Waals surface area contributed by atoms with Crippen LogP contribution in [0.15, 0.2) is 23.1 Å². The first-order chi connectivity index (χ1) is 10.1. The van der Waals surface area contributed by atoms with E-state index in [1.54, 1.807) is 6.07 Å². The van der Waals surface area contributed by atoms with Crippen molar-refractivity contribution >= 4 is 5.91 Å². The molecule has 0 unspecified atom stereocenters. The molecule has 1 heterocycles. The van der Waals surface area contributed by atoms with Crippen LogP contribution in [0.1, 0.15) is 48.9 Å². The Kier molecular flexibility index (Phi) is 2.95.